The number of nitrogens with one attached hydrogen (secondary N) is 1. The molecule has 0 aromatic heterocycles. The van der Waals surface area contributed by atoms with Crippen LogP contribution in [0.25, 0.3) is 0 Å². The van der Waals surface area contributed by atoms with Crippen LogP contribution < -0.4 is 11.1 Å². The minimum Gasteiger partial charge on any atom is -0.395 e. The molecule has 1 aromatic rings. The predicted octanol–water partition coefficient (Wildman–Crippen LogP) is 2.01. The fourth-order valence-corrected chi connectivity index (χ4v) is 1.37. The molecular formula is C12H18F2N2O2. The van der Waals surface area contributed by atoms with Crippen molar-refractivity contribution in [3.05, 3.63) is 23.8 Å². The zero-order chi connectivity index (χ0) is 13.4. The lowest BCUT2D eigenvalue weighted by Gasteiger charge is -2.10. The monoisotopic (exact) mass is 260 g/mol. The summed E-state index contributed by atoms with van der Waals surface area (Å²) in [5, 5.41) is 2.87. The van der Waals surface area contributed by atoms with Crippen molar-refractivity contribution >= 4 is 11.4 Å². The summed E-state index contributed by atoms with van der Waals surface area (Å²) in [5.74, 6) is -1.41. The van der Waals surface area contributed by atoms with E-state index in [2.05, 4.69) is 5.32 Å². The number of nitrogen functional groups attached to an aromatic ring is 1. The summed E-state index contributed by atoms with van der Waals surface area (Å²) in [7, 11) is 1.60. The van der Waals surface area contributed by atoms with E-state index in [9.17, 15) is 8.78 Å². The number of benzene rings is 1. The third-order valence-corrected chi connectivity index (χ3v) is 2.31. The minimum absolute atomic E-state index is 0.0725. The van der Waals surface area contributed by atoms with Crippen LogP contribution in [-0.4, -0.2) is 33.5 Å². The van der Waals surface area contributed by atoms with E-state index in [-0.39, 0.29) is 11.4 Å². The van der Waals surface area contributed by atoms with E-state index in [1.165, 1.54) is 6.07 Å². The molecule has 0 aliphatic rings. The van der Waals surface area contributed by atoms with Gasteiger partial charge in [0.2, 0.25) is 0 Å². The topological polar surface area (TPSA) is 56.5 Å². The van der Waals surface area contributed by atoms with E-state index in [1.807, 2.05) is 0 Å². The van der Waals surface area contributed by atoms with Gasteiger partial charge in [-0.05, 0) is 12.5 Å². The summed E-state index contributed by atoms with van der Waals surface area (Å²) in [6.07, 6.45) is 0.710. The molecule has 18 heavy (non-hydrogen) atoms. The van der Waals surface area contributed by atoms with Gasteiger partial charge >= 0.3 is 0 Å². The molecule has 0 aliphatic carbocycles. The fourth-order valence-electron chi connectivity index (χ4n) is 1.37. The van der Waals surface area contributed by atoms with Crippen LogP contribution in [0.1, 0.15) is 6.42 Å². The van der Waals surface area contributed by atoms with E-state index in [1.54, 1.807) is 7.11 Å². The maximum atomic E-state index is 13.1. The van der Waals surface area contributed by atoms with E-state index >= 15 is 0 Å². The highest BCUT2D eigenvalue weighted by molar-refractivity contribution is 5.66. The van der Waals surface area contributed by atoms with Gasteiger partial charge in [-0.2, -0.15) is 0 Å². The maximum absolute atomic E-state index is 13.1. The van der Waals surface area contributed by atoms with Gasteiger partial charge in [-0.15, -0.1) is 0 Å². The molecule has 0 radical (unpaired) electrons. The van der Waals surface area contributed by atoms with Gasteiger partial charge in [0.1, 0.15) is 5.82 Å². The summed E-state index contributed by atoms with van der Waals surface area (Å²) in [5.41, 5.74) is 5.68. The zero-order valence-corrected chi connectivity index (χ0v) is 10.3. The SMILES string of the molecule is COCCOCCCNc1cc(F)cc(F)c1N. The standard InChI is InChI=1S/C12H18F2N2O2/c1-17-5-6-18-4-2-3-16-11-8-9(13)7-10(14)12(11)15/h7-8,16H,2-6,15H2,1H3. The Hall–Kier alpha value is -1.40. The van der Waals surface area contributed by atoms with Gasteiger partial charge in [-0.1, -0.05) is 0 Å². The van der Waals surface area contributed by atoms with Crippen LogP contribution in [0.3, 0.4) is 0 Å². The van der Waals surface area contributed by atoms with Gasteiger partial charge in [0.05, 0.1) is 24.6 Å². The van der Waals surface area contributed by atoms with Crippen LogP contribution in [0.2, 0.25) is 0 Å². The molecule has 0 saturated heterocycles. The van der Waals surface area contributed by atoms with Crippen LogP contribution in [0.15, 0.2) is 12.1 Å². The van der Waals surface area contributed by atoms with Gasteiger partial charge < -0.3 is 20.5 Å². The smallest absolute Gasteiger partial charge is 0.151 e. The number of anilines is 2. The van der Waals surface area contributed by atoms with E-state index < -0.39 is 11.6 Å². The number of ether oxygens (including phenoxy) is 2. The van der Waals surface area contributed by atoms with Crippen molar-refractivity contribution in [3.8, 4) is 0 Å². The number of hydrogen-bond donors (Lipinski definition) is 2. The Morgan fingerprint density at radius 3 is 2.72 bits per heavy atom. The molecule has 4 nitrogen and oxygen atoms in total. The molecular weight excluding hydrogens is 242 g/mol. The van der Waals surface area contributed by atoms with Crippen LogP contribution in [0, 0.1) is 11.6 Å². The second-order valence-corrected chi connectivity index (χ2v) is 3.73. The van der Waals surface area contributed by atoms with E-state index in [4.69, 9.17) is 15.2 Å². The fraction of sp³-hybridized carbons (Fsp3) is 0.500. The molecule has 0 amide bonds. The van der Waals surface area contributed by atoms with E-state index in [0.717, 1.165) is 6.07 Å². The molecule has 0 spiro atoms. The molecule has 6 heteroatoms. The number of hydrogen-bond acceptors (Lipinski definition) is 4. The van der Waals surface area contributed by atoms with Crippen molar-refractivity contribution in [2.45, 2.75) is 6.42 Å². The normalized spacial score (nSPS) is 10.6. The summed E-state index contributed by atoms with van der Waals surface area (Å²) < 4.78 is 36.1. The quantitative estimate of drug-likeness (QED) is 0.554. The predicted molar refractivity (Wildman–Crippen MR) is 66.6 cm³/mol. The average molecular weight is 260 g/mol. The molecule has 1 rings (SSSR count). The first-order chi connectivity index (χ1) is 8.65. The second kappa shape index (κ2) is 7.84. The second-order valence-electron chi connectivity index (χ2n) is 3.73. The summed E-state index contributed by atoms with van der Waals surface area (Å²) in [4.78, 5) is 0. The Bertz CT molecular complexity index is 375. The van der Waals surface area contributed by atoms with Gasteiger partial charge in [0.25, 0.3) is 0 Å². The zero-order valence-electron chi connectivity index (χ0n) is 10.3. The van der Waals surface area contributed by atoms with Crippen LogP contribution >= 0.6 is 0 Å². The lowest BCUT2D eigenvalue weighted by atomic mass is 10.2. The molecule has 0 heterocycles. The Balaban J connectivity index is 2.27. The number of nitrogens with two attached hydrogens (primary N) is 1. The first kappa shape index (κ1) is 14.7. The molecule has 0 fully saturated rings. The number of rotatable bonds is 8. The summed E-state index contributed by atoms with van der Waals surface area (Å²) in [6, 6.07) is 1.93. The third-order valence-electron chi connectivity index (χ3n) is 2.31. The molecule has 0 bridgehead atoms. The third kappa shape index (κ3) is 4.85. The van der Waals surface area contributed by atoms with Crippen molar-refractivity contribution in [3.63, 3.8) is 0 Å². The van der Waals surface area contributed by atoms with Crippen molar-refractivity contribution in [1.82, 2.24) is 0 Å². The highest BCUT2D eigenvalue weighted by atomic mass is 19.1. The van der Waals surface area contributed by atoms with Crippen molar-refractivity contribution < 1.29 is 18.3 Å². The Morgan fingerprint density at radius 1 is 1.22 bits per heavy atom. The molecule has 102 valence electrons. The molecule has 3 N–H and O–H groups in total. The largest absolute Gasteiger partial charge is 0.395 e. The van der Waals surface area contributed by atoms with Gasteiger partial charge in [-0.3, -0.25) is 0 Å². The first-order valence-corrected chi connectivity index (χ1v) is 5.70. The lowest BCUT2D eigenvalue weighted by molar-refractivity contribution is 0.0705. The van der Waals surface area contributed by atoms with Crippen molar-refractivity contribution in [1.29, 1.82) is 0 Å². The number of halogens is 2. The first-order valence-electron chi connectivity index (χ1n) is 5.70. The van der Waals surface area contributed by atoms with Crippen molar-refractivity contribution in [2.75, 3.05) is 44.5 Å². The Kier molecular flexibility index (Phi) is 6.38. The van der Waals surface area contributed by atoms with Crippen molar-refractivity contribution in [2.24, 2.45) is 0 Å². The number of methoxy groups -OCH3 is 1. The molecule has 0 atom stereocenters. The van der Waals surface area contributed by atoms with E-state index in [0.29, 0.717) is 32.8 Å². The van der Waals surface area contributed by atoms with Gasteiger partial charge in [-0.25, -0.2) is 8.78 Å². The lowest BCUT2D eigenvalue weighted by Crippen LogP contribution is -2.10. The highest BCUT2D eigenvalue weighted by Gasteiger charge is 2.07. The summed E-state index contributed by atoms with van der Waals surface area (Å²) >= 11 is 0. The summed E-state index contributed by atoms with van der Waals surface area (Å²) in [6.45, 7) is 2.16. The average Bonchev–Trinajstić information content (AvgIpc) is 2.33. The van der Waals surface area contributed by atoms with Crippen LogP contribution in [0.4, 0.5) is 20.2 Å². The highest BCUT2D eigenvalue weighted by Crippen LogP contribution is 2.23. The maximum Gasteiger partial charge on any atom is 0.151 e. The van der Waals surface area contributed by atoms with Gasteiger partial charge in [0, 0.05) is 26.3 Å². The molecule has 0 unspecified atom stereocenters. The molecule has 0 aliphatic heterocycles. The van der Waals surface area contributed by atoms with Crippen LogP contribution in [0.5, 0.6) is 0 Å². The molecule has 1 aromatic carbocycles. The van der Waals surface area contributed by atoms with Gasteiger partial charge in [0.15, 0.2) is 5.82 Å². The van der Waals surface area contributed by atoms with Crippen LogP contribution in [-0.2, 0) is 9.47 Å². The minimum atomic E-state index is -0.756. The Labute approximate surface area is 105 Å². The Morgan fingerprint density at radius 2 is 2.00 bits per heavy atom. The molecule has 0 saturated carbocycles.